The van der Waals surface area contributed by atoms with Crippen molar-refractivity contribution in [3.05, 3.63) is 0 Å². The molecule has 2 nitrogen and oxygen atoms in total. The second kappa shape index (κ2) is 5.31. The molecule has 2 unspecified atom stereocenters. The lowest BCUT2D eigenvalue weighted by molar-refractivity contribution is 0.248. The first-order valence-corrected chi connectivity index (χ1v) is 6.30. The fourth-order valence-electron chi connectivity index (χ4n) is 2.77. The quantitative estimate of drug-likeness (QED) is 0.704. The molecule has 0 bridgehead atoms. The van der Waals surface area contributed by atoms with Gasteiger partial charge >= 0.3 is 0 Å². The minimum atomic E-state index is 0.707. The van der Waals surface area contributed by atoms with Gasteiger partial charge in [0.05, 0.1) is 0 Å². The number of nitrogens with zero attached hydrogens (tertiary/aromatic N) is 2. The van der Waals surface area contributed by atoms with Gasteiger partial charge in [-0.2, -0.15) is 0 Å². The zero-order chi connectivity index (χ0) is 11.6. The van der Waals surface area contributed by atoms with Crippen molar-refractivity contribution >= 4 is 0 Å². The Morgan fingerprint density at radius 2 is 1.73 bits per heavy atom. The van der Waals surface area contributed by atoms with Crippen LogP contribution in [0.15, 0.2) is 0 Å². The zero-order valence-electron chi connectivity index (χ0n) is 11.3. The van der Waals surface area contributed by atoms with Crippen LogP contribution < -0.4 is 0 Å². The van der Waals surface area contributed by atoms with Gasteiger partial charge in [0.25, 0.3) is 0 Å². The highest BCUT2D eigenvalue weighted by molar-refractivity contribution is 4.88. The summed E-state index contributed by atoms with van der Waals surface area (Å²) in [6, 6.07) is 0.707. The molecule has 0 amide bonds. The van der Waals surface area contributed by atoms with Crippen molar-refractivity contribution in [2.45, 2.75) is 33.7 Å². The summed E-state index contributed by atoms with van der Waals surface area (Å²) in [6.45, 7) is 13.2. The van der Waals surface area contributed by atoms with E-state index in [1.165, 1.54) is 19.6 Å². The molecule has 1 saturated heterocycles. The van der Waals surface area contributed by atoms with Crippen molar-refractivity contribution in [2.24, 2.45) is 17.8 Å². The molecule has 1 heterocycles. The Hall–Kier alpha value is -0.0800. The summed E-state index contributed by atoms with van der Waals surface area (Å²) in [6.07, 6.45) is 0. The lowest BCUT2D eigenvalue weighted by atomic mass is 9.86. The number of hydrogen-bond acceptors (Lipinski definition) is 2. The standard InChI is InChI=1S/C13H28N2/c1-10(2)13-9-15(11(3)4)8-12(13)7-14(5)6/h10-13H,7-9H2,1-6H3. The first-order valence-electron chi connectivity index (χ1n) is 6.30. The van der Waals surface area contributed by atoms with Crippen LogP contribution in [0.2, 0.25) is 0 Å². The predicted octanol–water partition coefficient (Wildman–Crippen LogP) is 2.16. The molecule has 0 aliphatic carbocycles. The maximum absolute atomic E-state index is 2.64. The van der Waals surface area contributed by atoms with E-state index in [1.807, 2.05) is 0 Å². The molecule has 90 valence electrons. The molecule has 2 heteroatoms. The van der Waals surface area contributed by atoms with E-state index in [9.17, 15) is 0 Å². The smallest absolute Gasteiger partial charge is 0.00388 e. The topological polar surface area (TPSA) is 6.48 Å². The Kier molecular flexibility index (Phi) is 4.60. The molecule has 1 rings (SSSR count). The third-order valence-corrected chi connectivity index (χ3v) is 3.71. The van der Waals surface area contributed by atoms with Crippen molar-refractivity contribution in [1.29, 1.82) is 0 Å². The fraction of sp³-hybridized carbons (Fsp3) is 1.00. The third-order valence-electron chi connectivity index (χ3n) is 3.71. The summed E-state index contributed by atoms with van der Waals surface area (Å²) in [5, 5.41) is 0. The van der Waals surface area contributed by atoms with Gasteiger partial charge < -0.3 is 9.80 Å². The minimum Gasteiger partial charge on any atom is -0.309 e. The second-order valence-corrected chi connectivity index (χ2v) is 5.98. The Morgan fingerprint density at radius 3 is 2.13 bits per heavy atom. The molecule has 0 saturated carbocycles. The molecule has 15 heavy (non-hydrogen) atoms. The SMILES string of the molecule is CC(C)C1CN(C(C)C)CC1CN(C)C. The van der Waals surface area contributed by atoms with Gasteiger partial charge in [-0.05, 0) is 45.7 Å². The van der Waals surface area contributed by atoms with Crippen LogP contribution in [0.5, 0.6) is 0 Å². The molecule has 0 aromatic heterocycles. The molecule has 0 aromatic rings. The van der Waals surface area contributed by atoms with E-state index in [4.69, 9.17) is 0 Å². The molecule has 1 aliphatic heterocycles. The van der Waals surface area contributed by atoms with Gasteiger partial charge in [-0.3, -0.25) is 0 Å². The van der Waals surface area contributed by atoms with Crippen LogP contribution in [0.1, 0.15) is 27.7 Å². The van der Waals surface area contributed by atoms with E-state index < -0.39 is 0 Å². The van der Waals surface area contributed by atoms with Crippen LogP contribution in [-0.4, -0.2) is 49.6 Å². The molecule has 0 aromatic carbocycles. The van der Waals surface area contributed by atoms with E-state index in [0.717, 1.165) is 17.8 Å². The minimum absolute atomic E-state index is 0.707. The number of rotatable bonds is 4. The van der Waals surface area contributed by atoms with E-state index in [0.29, 0.717) is 6.04 Å². The van der Waals surface area contributed by atoms with Crippen LogP contribution in [0, 0.1) is 17.8 Å². The van der Waals surface area contributed by atoms with E-state index >= 15 is 0 Å². The first kappa shape index (κ1) is 13.0. The Labute approximate surface area is 95.6 Å². The summed E-state index contributed by atoms with van der Waals surface area (Å²) in [7, 11) is 4.38. The first-order chi connectivity index (χ1) is 6.91. The average Bonchev–Trinajstić information content (AvgIpc) is 2.46. The van der Waals surface area contributed by atoms with E-state index in [2.05, 4.69) is 51.6 Å². The molecule has 1 fully saturated rings. The van der Waals surface area contributed by atoms with Gasteiger partial charge in [-0.15, -0.1) is 0 Å². The third kappa shape index (κ3) is 3.46. The fourth-order valence-corrected chi connectivity index (χ4v) is 2.77. The molecule has 0 radical (unpaired) electrons. The Bertz CT molecular complexity index is 187. The van der Waals surface area contributed by atoms with Crippen molar-refractivity contribution in [3.63, 3.8) is 0 Å². The van der Waals surface area contributed by atoms with Gasteiger partial charge in [0.2, 0.25) is 0 Å². The second-order valence-electron chi connectivity index (χ2n) is 5.98. The summed E-state index contributed by atoms with van der Waals surface area (Å²) in [5.41, 5.74) is 0. The average molecular weight is 212 g/mol. The van der Waals surface area contributed by atoms with Crippen molar-refractivity contribution in [3.8, 4) is 0 Å². The number of hydrogen-bond donors (Lipinski definition) is 0. The molecular formula is C13H28N2. The molecule has 0 spiro atoms. The van der Waals surface area contributed by atoms with Crippen LogP contribution in [0.3, 0.4) is 0 Å². The highest BCUT2D eigenvalue weighted by Crippen LogP contribution is 2.31. The lowest BCUT2D eigenvalue weighted by Crippen LogP contribution is -2.30. The van der Waals surface area contributed by atoms with Crippen molar-refractivity contribution < 1.29 is 0 Å². The lowest BCUT2D eigenvalue weighted by Gasteiger charge is -2.24. The summed E-state index contributed by atoms with van der Waals surface area (Å²) >= 11 is 0. The van der Waals surface area contributed by atoms with Crippen LogP contribution >= 0.6 is 0 Å². The molecule has 0 N–H and O–H groups in total. The molecule has 2 atom stereocenters. The van der Waals surface area contributed by atoms with Gasteiger partial charge in [-0.25, -0.2) is 0 Å². The maximum Gasteiger partial charge on any atom is 0.00388 e. The van der Waals surface area contributed by atoms with E-state index in [1.54, 1.807) is 0 Å². The van der Waals surface area contributed by atoms with Crippen LogP contribution in [0.25, 0.3) is 0 Å². The summed E-state index contributed by atoms with van der Waals surface area (Å²) < 4.78 is 0. The highest BCUT2D eigenvalue weighted by atomic mass is 15.2. The van der Waals surface area contributed by atoms with Crippen LogP contribution in [-0.2, 0) is 0 Å². The Morgan fingerprint density at radius 1 is 1.13 bits per heavy atom. The normalized spacial score (nSPS) is 28.6. The van der Waals surface area contributed by atoms with Gasteiger partial charge in [0.15, 0.2) is 0 Å². The van der Waals surface area contributed by atoms with Crippen LogP contribution in [0.4, 0.5) is 0 Å². The zero-order valence-corrected chi connectivity index (χ0v) is 11.3. The monoisotopic (exact) mass is 212 g/mol. The van der Waals surface area contributed by atoms with E-state index in [-0.39, 0.29) is 0 Å². The summed E-state index contributed by atoms with van der Waals surface area (Å²) in [4.78, 5) is 4.97. The largest absolute Gasteiger partial charge is 0.309 e. The van der Waals surface area contributed by atoms with Gasteiger partial charge in [0, 0.05) is 25.7 Å². The molecule has 1 aliphatic rings. The highest BCUT2D eigenvalue weighted by Gasteiger charge is 2.35. The van der Waals surface area contributed by atoms with Gasteiger partial charge in [0.1, 0.15) is 0 Å². The van der Waals surface area contributed by atoms with Crippen molar-refractivity contribution in [1.82, 2.24) is 9.80 Å². The van der Waals surface area contributed by atoms with Crippen molar-refractivity contribution in [2.75, 3.05) is 33.7 Å². The summed E-state index contributed by atoms with van der Waals surface area (Å²) in [5.74, 6) is 2.57. The maximum atomic E-state index is 2.64. The molecular weight excluding hydrogens is 184 g/mol. The Balaban J connectivity index is 2.59. The number of likely N-dealkylation sites (tertiary alicyclic amines) is 1. The predicted molar refractivity (Wildman–Crippen MR) is 67.1 cm³/mol. The van der Waals surface area contributed by atoms with Gasteiger partial charge in [-0.1, -0.05) is 13.8 Å².